The van der Waals surface area contributed by atoms with Gasteiger partial charge in [-0.1, -0.05) is 55.8 Å². The van der Waals surface area contributed by atoms with Gasteiger partial charge in [-0.3, -0.25) is 9.59 Å². The molecule has 10 nitrogen and oxygen atoms in total. The molecular weight excluding hydrogens is 702 g/mol. The second-order valence-electron chi connectivity index (χ2n) is 8.77. The summed E-state index contributed by atoms with van der Waals surface area (Å²) in [6.45, 7) is 5.35. The topological polar surface area (TPSA) is 146 Å². The fourth-order valence-electron chi connectivity index (χ4n) is 3.96. The van der Waals surface area contributed by atoms with Crippen molar-refractivity contribution in [3.63, 3.8) is 0 Å². The Hall–Kier alpha value is -2.34. The second-order valence-corrected chi connectivity index (χ2v) is 9.21. The van der Waals surface area contributed by atoms with Gasteiger partial charge in [-0.25, -0.2) is 4.79 Å². The number of hydrogen-bond donors (Lipinski definition) is 1. The van der Waals surface area contributed by atoms with Gasteiger partial charge in [0.1, 0.15) is 18.6 Å². The van der Waals surface area contributed by atoms with Crippen LogP contribution in [0, 0.1) is 12.8 Å². The summed E-state index contributed by atoms with van der Waals surface area (Å²) in [6, 6.07) is 5.99. The van der Waals surface area contributed by atoms with Gasteiger partial charge in [-0.15, -0.1) is 6.54 Å². The first-order chi connectivity index (χ1) is 18.8. The van der Waals surface area contributed by atoms with Crippen LogP contribution in [0.3, 0.4) is 0 Å². The summed E-state index contributed by atoms with van der Waals surface area (Å²) >= 11 is 6.56. The third-order valence-electron chi connectivity index (χ3n) is 5.97. The second kappa shape index (κ2) is 22.5. The van der Waals surface area contributed by atoms with Crippen LogP contribution in [0.25, 0.3) is 5.73 Å². The minimum atomic E-state index is -0.894. The summed E-state index contributed by atoms with van der Waals surface area (Å²) in [5.41, 5.74) is 7.92. The van der Waals surface area contributed by atoms with E-state index in [1.54, 1.807) is 38.2 Å². The number of aldehydes is 1. The molecule has 0 aromatic heterocycles. The van der Waals surface area contributed by atoms with Crippen molar-refractivity contribution < 1.29 is 46.0 Å². The molecule has 0 spiro atoms. The molecule has 39 heavy (non-hydrogen) atoms. The number of carbonyl (C=O) groups is 4. The number of nitrogens with one attached hydrogen (secondary N) is 2. The summed E-state index contributed by atoms with van der Waals surface area (Å²) in [6.07, 6.45) is 5.32. The summed E-state index contributed by atoms with van der Waals surface area (Å²) in [5, 5.41) is 3.12. The number of benzene rings is 1. The number of amides is 3. The number of aliphatic imine (C=N–C) groups is 1. The van der Waals surface area contributed by atoms with Crippen LogP contribution in [-0.2, 0) is 47.8 Å². The first-order valence-corrected chi connectivity index (χ1v) is 14.2. The molecule has 220 valence electrons. The molecule has 0 heterocycles. The fraction of sp³-hybridized carbons (Fsp3) is 0.556. The maximum absolute atomic E-state index is 13.0. The van der Waals surface area contributed by atoms with Crippen molar-refractivity contribution in [1.29, 1.82) is 0 Å². The summed E-state index contributed by atoms with van der Waals surface area (Å²) in [4.78, 5) is 54.4. The average Bonchev–Trinajstić information content (AvgIpc) is 2.96. The molecule has 0 aliphatic heterocycles. The van der Waals surface area contributed by atoms with Gasteiger partial charge in [0.25, 0.3) is 5.91 Å². The molecule has 1 aliphatic carbocycles. The number of nitrogens with zero attached hydrogens (tertiary/aromatic N) is 2. The summed E-state index contributed by atoms with van der Waals surface area (Å²) in [7, 11) is 1.59. The number of ether oxygens (including phenoxy) is 1. The predicted octanol–water partition coefficient (Wildman–Crippen LogP) is 5.08. The van der Waals surface area contributed by atoms with E-state index in [1.165, 1.54) is 4.90 Å². The summed E-state index contributed by atoms with van der Waals surface area (Å²) < 4.78 is 13.5. The molecule has 0 saturated heterocycles. The quantitative estimate of drug-likeness (QED) is 0.180. The molecule has 1 atom stereocenters. The standard InChI is InChI=1S/C25H34ClN4O5.C2H5.O.Os/c1-30(13-12-27)23(32)11-10-21(16-31)28-24(33)22(15-18-6-3-2-4-7-18)29-25(34)35-17-19-8-5-9-20(26)14-19;1-2;;/h5,8-9,14,16,18,21,27H,2-4,6-7,10-13,15,17H2,1H3,(H,28,33);1H2,2H3;;/q2*-1;;/b29-22+;;;/t21-;;;/m0.../s1. The van der Waals surface area contributed by atoms with Crippen molar-refractivity contribution >= 4 is 41.5 Å². The van der Waals surface area contributed by atoms with Crippen molar-refractivity contribution in [2.24, 2.45) is 10.9 Å². The van der Waals surface area contributed by atoms with E-state index in [1.807, 2.05) is 0 Å². The van der Waals surface area contributed by atoms with Crippen LogP contribution in [0.1, 0.15) is 63.9 Å². The Balaban J connectivity index is 0.00000344. The molecule has 1 fully saturated rings. The Kier molecular flexibility index (Phi) is 21.1. The first kappa shape index (κ1) is 36.7. The van der Waals surface area contributed by atoms with E-state index in [9.17, 15) is 19.2 Å². The maximum atomic E-state index is 13.0. The molecule has 1 aromatic rings. The fourth-order valence-corrected chi connectivity index (χ4v) is 4.17. The van der Waals surface area contributed by atoms with Crippen molar-refractivity contribution in [3.8, 4) is 0 Å². The van der Waals surface area contributed by atoms with E-state index in [4.69, 9.17) is 25.6 Å². The predicted molar refractivity (Wildman–Crippen MR) is 146 cm³/mol. The van der Waals surface area contributed by atoms with Crippen LogP contribution in [0.15, 0.2) is 29.3 Å². The van der Waals surface area contributed by atoms with Crippen LogP contribution in [0.4, 0.5) is 4.79 Å². The van der Waals surface area contributed by atoms with Crippen LogP contribution >= 0.6 is 11.6 Å². The van der Waals surface area contributed by atoms with Gasteiger partial charge >= 0.3 is 28.2 Å². The monoisotopic (exact) mass is 742 g/mol. The van der Waals surface area contributed by atoms with E-state index in [-0.39, 0.29) is 43.5 Å². The Morgan fingerprint density at radius 1 is 1.26 bits per heavy atom. The molecule has 2 rings (SSSR count). The van der Waals surface area contributed by atoms with Crippen LogP contribution in [0.5, 0.6) is 0 Å². The van der Waals surface area contributed by atoms with E-state index < -0.39 is 18.0 Å². The van der Waals surface area contributed by atoms with Crippen molar-refractivity contribution in [1.82, 2.24) is 10.2 Å². The number of likely N-dealkylation sites (N-methyl/N-ethyl adjacent to an activating group) is 1. The van der Waals surface area contributed by atoms with Gasteiger partial charge in [0.15, 0.2) is 0 Å². The zero-order chi connectivity index (χ0) is 29.6. The van der Waals surface area contributed by atoms with Crippen molar-refractivity contribution in [2.75, 3.05) is 20.1 Å². The van der Waals surface area contributed by atoms with E-state index in [0.717, 1.165) is 32.1 Å². The van der Waals surface area contributed by atoms with Crippen LogP contribution in [0.2, 0.25) is 5.02 Å². The molecule has 1 aromatic carbocycles. The zero-order valence-electron chi connectivity index (χ0n) is 22.6. The van der Waals surface area contributed by atoms with E-state index in [0.29, 0.717) is 48.4 Å². The Morgan fingerprint density at radius 2 is 1.92 bits per heavy atom. The van der Waals surface area contributed by atoms with Crippen molar-refractivity contribution in [2.45, 2.75) is 70.9 Å². The van der Waals surface area contributed by atoms with Crippen LogP contribution < -0.4 is 5.32 Å². The molecule has 1 saturated carbocycles. The van der Waals surface area contributed by atoms with Crippen LogP contribution in [-0.4, -0.2) is 61.0 Å². The molecule has 1 aliphatic rings. The normalized spacial score (nSPS) is 13.9. The zero-order valence-corrected chi connectivity index (χ0v) is 25.9. The number of hydrogen-bond acceptors (Lipinski definition) is 6. The van der Waals surface area contributed by atoms with Gasteiger partial charge in [0, 0.05) is 25.0 Å². The minimum absolute atomic E-state index is 0.0255. The van der Waals surface area contributed by atoms with Gasteiger partial charge in [-0.2, -0.15) is 11.9 Å². The van der Waals surface area contributed by atoms with Gasteiger partial charge in [0.05, 0.1) is 6.04 Å². The number of rotatable bonds is 12. The third kappa shape index (κ3) is 15.7. The molecule has 12 heteroatoms. The number of halogens is 1. The average molecular weight is 741 g/mol. The first-order valence-electron chi connectivity index (χ1n) is 12.8. The Labute approximate surface area is 246 Å². The Morgan fingerprint density at radius 3 is 2.51 bits per heavy atom. The third-order valence-corrected chi connectivity index (χ3v) is 6.20. The molecule has 0 unspecified atom stereocenters. The van der Waals surface area contributed by atoms with E-state index >= 15 is 0 Å². The van der Waals surface area contributed by atoms with Gasteiger partial charge < -0.3 is 32.4 Å². The van der Waals surface area contributed by atoms with E-state index in [2.05, 4.69) is 17.2 Å². The number of carbonyl (C=O) groups excluding carboxylic acids is 4. The van der Waals surface area contributed by atoms with Crippen molar-refractivity contribution in [3.05, 3.63) is 47.5 Å². The molecular formula is C27H39ClN4O6Os-2. The molecule has 0 bridgehead atoms. The SMILES string of the molecule is CN(CC[NH-])C(=O)CC[C@@H](C=O)NC(=O)/C(CC1CCCCC1)=N/C(=O)OCc1cccc(Cl)c1.[CH2-]C.[O]=[Os]. The van der Waals surface area contributed by atoms with Gasteiger partial charge in [0.2, 0.25) is 5.91 Å². The van der Waals surface area contributed by atoms with Gasteiger partial charge in [-0.05, 0) is 36.5 Å². The molecule has 3 amide bonds. The molecule has 2 N–H and O–H groups in total. The molecule has 0 radical (unpaired) electrons. The summed E-state index contributed by atoms with van der Waals surface area (Å²) in [5.74, 6) is -0.595. The Bertz CT molecular complexity index is 927.